The van der Waals surface area contributed by atoms with Crippen LogP contribution in [0.3, 0.4) is 0 Å². The highest BCUT2D eigenvalue weighted by atomic mass is 19.1. The van der Waals surface area contributed by atoms with E-state index in [0.29, 0.717) is 25.1 Å². The van der Waals surface area contributed by atoms with Crippen molar-refractivity contribution in [2.24, 2.45) is 5.73 Å². The van der Waals surface area contributed by atoms with Crippen molar-refractivity contribution in [3.8, 4) is 5.75 Å². The molecule has 0 heterocycles. The van der Waals surface area contributed by atoms with Crippen molar-refractivity contribution in [1.82, 2.24) is 5.32 Å². The Labute approximate surface area is 112 Å². The van der Waals surface area contributed by atoms with Crippen LogP contribution in [0.5, 0.6) is 5.75 Å². The van der Waals surface area contributed by atoms with Crippen molar-refractivity contribution in [2.75, 3.05) is 6.54 Å². The molecule has 1 fully saturated rings. The molecule has 1 saturated carbocycles. The smallest absolute Gasteiger partial charge is 0.237 e. The molecular weight excluding hydrogens is 247 g/mol. The predicted octanol–water partition coefficient (Wildman–Crippen LogP) is 1.59. The Morgan fingerprint density at radius 3 is 2.79 bits per heavy atom. The first-order chi connectivity index (χ1) is 9.05. The van der Waals surface area contributed by atoms with Crippen LogP contribution in [0.25, 0.3) is 0 Å². The number of halogens is 1. The molecule has 1 amide bonds. The van der Waals surface area contributed by atoms with Gasteiger partial charge in [0.05, 0.1) is 0 Å². The summed E-state index contributed by atoms with van der Waals surface area (Å²) in [7, 11) is 0. The molecule has 0 aliphatic heterocycles. The molecule has 1 aliphatic rings. The molecule has 2 unspecified atom stereocenters. The zero-order valence-corrected chi connectivity index (χ0v) is 11.0. The summed E-state index contributed by atoms with van der Waals surface area (Å²) in [6, 6.07) is 5.89. The van der Waals surface area contributed by atoms with Gasteiger partial charge in [-0.15, -0.1) is 0 Å². The summed E-state index contributed by atoms with van der Waals surface area (Å²) in [5.41, 5.74) is 4.82. The molecule has 0 bridgehead atoms. The van der Waals surface area contributed by atoms with E-state index in [2.05, 4.69) is 5.32 Å². The molecule has 1 aromatic rings. The van der Waals surface area contributed by atoms with Gasteiger partial charge in [-0.05, 0) is 43.7 Å². The van der Waals surface area contributed by atoms with Gasteiger partial charge in [-0.25, -0.2) is 4.39 Å². The zero-order valence-electron chi connectivity index (χ0n) is 11.0. The highest BCUT2D eigenvalue weighted by Gasteiger charge is 2.44. The number of rotatable bonds is 5. The SMILES string of the molecule is CCNC1(C(N)=O)CCC(Oc2ccc(F)cc2)C1. The Hall–Kier alpha value is -1.62. The minimum Gasteiger partial charge on any atom is -0.490 e. The number of hydrogen-bond acceptors (Lipinski definition) is 3. The van der Waals surface area contributed by atoms with Crippen LogP contribution in [0.15, 0.2) is 24.3 Å². The van der Waals surface area contributed by atoms with Crippen LogP contribution in [0, 0.1) is 5.82 Å². The molecule has 104 valence electrons. The van der Waals surface area contributed by atoms with Gasteiger partial charge in [0.2, 0.25) is 5.91 Å². The molecule has 1 aliphatic carbocycles. The topological polar surface area (TPSA) is 64.3 Å². The number of amides is 1. The molecule has 0 radical (unpaired) electrons. The number of nitrogens with two attached hydrogens (primary N) is 1. The molecule has 0 saturated heterocycles. The van der Waals surface area contributed by atoms with Gasteiger partial charge in [0, 0.05) is 6.42 Å². The second-order valence-corrected chi connectivity index (χ2v) is 4.91. The van der Waals surface area contributed by atoms with Crippen molar-refractivity contribution in [3.63, 3.8) is 0 Å². The highest BCUT2D eigenvalue weighted by molar-refractivity contribution is 5.85. The van der Waals surface area contributed by atoms with Crippen molar-refractivity contribution in [1.29, 1.82) is 0 Å². The van der Waals surface area contributed by atoms with Crippen LogP contribution in [0.4, 0.5) is 4.39 Å². The minimum absolute atomic E-state index is 0.0722. The molecule has 4 nitrogen and oxygen atoms in total. The summed E-state index contributed by atoms with van der Waals surface area (Å²) in [4.78, 5) is 11.6. The average Bonchev–Trinajstić information content (AvgIpc) is 2.77. The van der Waals surface area contributed by atoms with E-state index in [1.54, 1.807) is 12.1 Å². The van der Waals surface area contributed by atoms with E-state index < -0.39 is 5.54 Å². The van der Waals surface area contributed by atoms with E-state index in [1.165, 1.54) is 12.1 Å². The number of hydrogen-bond donors (Lipinski definition) is 2. The Kier molecular flexibility index (Phi) is 4.04. The number of nitrogens with one attached hydrogen (secondary N) is 1. The third kappa shape index (κ3) is 3.04. The lowest BCUT2D eigenvalue weighted by molar-refractivity contribution is -0.124. The third-order valence-electron chi connectivity index (χ3n) is 3.57. The molecule has 0 spiro atoms. The maximum absolute atomic E-state index is 12.8. The van der Waals surface area contributed by atoms with Crippen molar-refractivity contribution >= 4 is 5.91 Å². The average molecular weight is 266 g/mol. The van der Waals surface area contributed by atoms with Gasteiger partial charge in [0.25, 0.3) is 0 Å². The van der Waals surface area contributed by atoms with Crippen LogP contribution in [-0.2, 0) is 4.79 Å². The van der Waals surface area contributed by atoms with Gasteiger partial charge in [-0.1, -0.05) is 6.92 Å². The predicted molar refractivity (Wildman–Crippen MR) is 70.3 cm³/mol. The summed E-state index contributed by atoms with van der Waals surface area (Å²) in [6.45, 7) is 2.63. The fourth-order valence-corrected chi connectivity index (χ4v) is 2.62. The van der Waals surface area contributed by atoms with E-state index in [1.807, 2.05) is 6.92 Å². The van der Waals surface area contributed by atoms with Crippen molar-refractivity contribution in [2.45, 2.75) is 37.8 Å². The van der Waals surface area contributed by atoms with Gasteiger partial charge >= 0.3 is 0 Å². The van der Waals surface area contributed by atoms with E-state index in [-0.39, 0.29) is 17.8 Å². The second kappa shape index (κ2) is 5.57. The largest absolute Gasteiger partial charge is 0.490 e. The lowest BCUT2D eigenvalue weighted by Crippen LogP contribution is -2.54. The molecule has 3 N–H and O–H groups in total. The van der Waals surface area contributed by atoms with Gasteiger partial charge in [-0.2, -0.15) is 0 Å². The maximum atomic E-state index is 12.8. The Balaban J connectivity index is 2.01. The molecule has 2 rings (SSSR count). The third-order valence-corrected chi connectivity index (χ3v) is 3.57. The number of primary amides is 1. The first-order valence-corrected chi connectivity index (χ1v) is 6.53. The van der Waals surface area contributed by atoms with Crippen LogP contribution < -0.4 is 15.8 Å². The highest BCUT2D eigenvalue weighted by Crippen LogP contribution is 2.32. The summed E-state index contributed by atoms with van der Waals surface area (Å²) < 4.78 is 18.6. The van der Waals surface area contributed by atoms with Crippen LogP contribution in [0.1, 0.15) is 26.2 Å². The number of ether oxygens (including phenoxy) is 1. The molecule has 0 aromatic heterocycles. The number of benzene rings is 1. The Morgan fingerprint density at radius 1 is 1.53 bits per heavy atom. The lowest BCUT2D eigenvalue weighted by Gasteiger charge is -2.26. The standard InChI is InChI=1S/C14H19FN2O2/c1-2-17-14(13(16)18)8-7-12(9-14)19-11-5-3-10(15)4-6-11/h3-6,12,17H,2,7-9H2,1H3,(H2,16,18). The van der Waals surface area contributed by atoms with Gasteiger partial charge in [0.1, 0.15) is 23.2 Å². The van der Waals surface area contributed by atoms with Gasteiger partial charge in [-0.3, -0.25) is 4.79 Å². The molecule has 19 heavy (non-hydrogen) atoms. The zero-order chi connectivity index (χ0) is 13.9. The van der Waals surface area contributed by atoms with Gasteiger partial charge in [0.15, 0.2) is 0 Å². The maximum Gasteiger partial charge on any atom is 0.237 e. The number of carbonyl (C=O) groups excluding carboxylic acids is 1. The fourth-order valence-electron chi connectivity index (χ4n) is 2.62. The summed E-state index contributed by atoms with van der Waals surface area (Å²) in [5.74, 6) is -0.0133. The molecule has 2 atom stereocenters. The quantitative estimate of drug-likeness (QED) is 0.850. The van der Waals surface area contributed by atoms with Crippen LogP contribution in [-0.4, -0.2) is 24.1 Å². The molecular formula is C14H19FN2O2. The summed E-state index contributed by atoms with van der Waals surface area (Å²) in [5, 5.41) is 3.17. The lowest BCUT2D eigenvalue weighted by atomic mass is 9.96. The molecule has 1 aromatic carbocycles. The monoisotopic (exact) mass is 266 g/mol. The summed E-state index contributed by atoms with van der Waals surface area (Å²) in [6.07, 6.45) is 1.90. The Bertz CT molecular complexity index is 449. The second-order valence-electron chi connectivity index (χ2n) is 4.91. The van der Waals surface area contributed by atoms with Crippen molar-refractivity contribution in [3.05, 3.63) is 30.1 Å². The van der Waals surface area contributed by atoms with Crippen LogP contribution >= 0.6 is 0 Å². The minimum atomic E-state index is -0.667. The first-order valence-electron chi connectivity index (χ1n) is 6.53. The van der Waals surface area contributed by atoms with E-state index in [4.69, 9.17) is 10.5 Å². The van der Waals surface area contributed by atoms with E-state index >= 15 is 0 Å². The number of likely N-dealkylation sites (N-methyl/N-ethyl adjacent to an activating group) is 1. The van der Waals surface area contributed by atoms with E-state index in [9.17, 15) is 9.18 Å². The van der Waals surface area contributed by atoms with Crippen molar-refractivity contribution < 1.29 is 13.9 Å². The molecule has 5 heteroatoms. The number of carbonyl (C=O) groups is 1. The Morgan fingerprint density at radius 2 is 2.21 bits per heavy atom. The fraction of sp³-hybridized carbons (Fsp3) is 0.500. The summed E-state index contributed by atoms with van der Waals surface area (Å²) >= 11 is 0. The van der Waals surface area contributed by atoms with Gasteiger partial charge < -0.3 is 15.8 Å². The van der Waals surface area contributed by atoms with E-state index in [0.717, 1.165) is 6.42 Å². The first kappa shape index (κ1) is 13.8. The van der Waals surface area contributed by atoms with Crippen LogP contribution in [0.2, 0.25) is 0 Å². The normalized spacial score (nSPS) is 26.3.